The van der Waals surface area contributed by atoms with Gasteiger partial charge in [-0.25, -0.2) is 0 Å². The summed E-state index contributed by atoms with van der Waals surface area (Å²) in [5.74, 6) is 0. The molecule has 19 aromatic rings. The van der Waals surface area contributed by atoms with Crippen LogP contribution in [0.2, 0.25) is 0 Å². The van der Waals surface area contributed by atoms with Crippen LogP contribution in [0.25, 0.3) is 65.3 Å². The number of fused-ring (bicyclic) bond motifs is 12. The molecule has 0 unspecified atom stereocenters. The van der Waals surface area contributed by atoms with E-state index in [1.165, 1.54) is 76.6 Å². The number of rotatable bonds is 12. The zero-order valence-corrected chi connectivity index (χ0v) is 62.3. The van der Waals surface area contributed by atoms with Crippen molar-refractivity contribution in [3.63, 3.8) is 0 Å². The van der Waals surface area contributed by atoms with Gasteiger partial charge < -0.3 is 29.4 Å². The standard InChI is InChI=1S/C106H70B2N6/c1-9-37-71(38-10-1)101-81-53-25-29-57-85(81)105(86-58-30-26-54-82(86)101)109(73-41-13-3-14-42-73)79-65-97-103-99(67-79)113(77-49-21-7-22-50-77)95-70-96-92(69-91(95)107(103)89-61-33-35-63-93(89)111(97)75-45-17-5-18-46-75)108-90-62-34-36-64-94(90)112(76-47-19-6-20-48-76)98-66-80(68-100(104(98)108)114(96)78-51-23-8-24-52-78)110(74-43-15-4-16-44-74)106-87-59-31-27-55-83(87)102(72-39-11-2-12-40-72)84-56-28-32-60-88(84)106/h1-70H. The van der Waals surface area contributed by atoms with Crippen molar-refractivity contribution >= 4 is 192 Å². The number of benzene rings is 19. The Bertz CT molecular complexity index is 6490. The van der Waals surface area contributed by atoms with Gasteiger partial charge in [0.1, 0.15) is 0 Å². The summed E-state index contributed by atoms with van der Waals surface area (Å²) in [5.41, 5.74) is 31.8. The summed E-state index contributed by atoms with van der Waals surface area (Å²) >= 11 is 0. The Morgan fingerprint density at radius 1 is 0.175 bits per heavy atom. The molecule has 0 saturated carbocycles. The highest BCUT2D eigenvalue weighted by molar-refractivity contribution is 7.03. The lowest BCUT2D eigenvalue weighted by atomic mass is 9.30. The molecular formula is C106H70B2N6. The normalized spacial score (nSPS) is 12.8. The van der Waals surface area contributed by atoms with Crippen LogP contribution >= 0.6 is 0 Å². The van der Waals surface area contributed by atoms with Crippen molar-refractivity contribution in [2.75, 3.05) is 29.4 Å². The predicted octanol–water partition coefficient (Wildman–Crippen LogP) is 24.7. The van der Waals surface area contributed by atoms with Crippen LogP contribution in [0, 0.1) is 0 Å². The van der Waals surface area contributed by atoms with E-state index in [4.69, 9.17) is 0 Å². The summed E-state index contributed by atoms with van der Waals surface area (Å²) in [5, 5.41) is 9.37. The third-order valence-electron chi connectivity index (χ3n) is 24.0. The summed E-state index contributed by atoms with van der Waals surface area (Å²) in [7, 11) is 0. The van der Waals surface area contributed by atoms with Crippen molar-refractivity contribution in [3.05, 3.63) is 425 Å². The third kappa shape index (κ3) is 10.0. The van der Waals surface area contributed by atoms with Gasteiger partial charge in [0.15, 0.2) is 0 Å². The number of anilines is 18. The molecule has 530 valence electrons. The van der Waals surface area contributed by atoms with Crippen LogP contribution in [0.15, 0.2) is 425 Å². The second kappa shape index (κ2) is 26.4. The summed E-state index contributed by atoms with van der Waals surface area (Å²) in [6.45, 7) is -0.467. The van der Waals surface area contributed by atoms with Crippen molar-refractivity contribution in [2.24, 2.45) is 0 Å². The molecule has 19 aromatic carbocycles. The Hall–Kier alpha value is -14.9. The summed E-state index contributed by atoms with van der Waals surface area (Å²) < 4.78 is 0. The maximum atomic E-state index is 2.66. The number of para-hydroxylation sites is 8. The lowest BCUT2D eigenvalue weighted by Gasteiger charge is -2.48. The first-order chi connectivity index (χ1) is 56.7. The first-order valence-corrected chi connectivity index (χ1v) is 39.5. The molecule has 6 nitrogen and oxygen atoms in total. The fourth-order valence-corrected chi connectivity index (χ4v) is 19.5. The van der Waals surface area contributed by atoms with E-state index in [2.05, 4.69) is 454 Å². The minimum absolute atomic E-state index is 0.233. The molecule has 0 atom stereocenters. The molecule has 8 heteroatoms. The van der Waals surface area contributed by atoms with Crippen LogP contribution < -0.4 is 62.2 Å². The number of nitrogens with zero attached hydrogens (tertiary/aromatic N) is 6. The minimum atomic E-state index is -0.233. The second-order valence-electron chi connectivity index (χ2n) is 30.1. The molecule has 0 radical (unpaired) electrons. The molecule has 0 amide bonds. The molecular weight excluding hydrogens is 1380 g/mol. The number of hydrogen-bond acceptors (Lipinski definition) is 6. The lowest BCUT2D eigenvalue weighted by molar-refractivity contribution is 1.22. The van der Waals surface area contributed by atoms with Crippen LogP contribution in [0.4, 0.5) is 102 Å². The Balaban J connectivity index is 0.832. The minimum Gasteiger partial charge on any atom is -0.311 e. The van der Waals surface area contributed by atoms with E-state index in [1.807, 2.05) is 0 Å². The van der Waals surface area contributed by atoms with Gasteiger partial charge in [-0.2, -0.15) is 0 Å². The fraction of sp³-hybridized carbons (Fsp3) is 0. The maximum absolute atomic E-state index is 2.66. The Labute approximate surface area is 663 Å². The number of hydrogen-bond donors (Lipinski definition) is 0. The van der Waals surface area contributed by atoms with Gasteiger partial charge in [-0.1, -0.05) is 309 Å². The highest BCUT2D eigenvalue weighted by atomic mass is 15.2. The highest BCUT2D eigenvalue weighted by Crippen LogP contribution is 2.56. The van der Waals surface area contributed by atoms with Gasteiger partial charge >= 0.3 is 0 Å². The summed E-state index contributed by atoms with van der Waals surface area (Å²) in [6.07, 6.45) is 0. The van der Waals surface area contributed by atoms with Gasteiger partial charge in [-0.05, 0) is 192 Å². The molecule has 0 saturated heterocycles. The molecule has 0 fully saturated rings. The Morgan fingerprint density at radius 3 is 0.728 bits per heavy atom. The van der Waals surface area contributed by atoms with Gasteiger partial charge in [0.25, 0.3) is 13.4 Å². The van der Waals surface area contributed by atoms with E-state index in [0.717, 1.165) is 124 Å². The molecule has 114 heavy (non-hydrogen) atoms. The molecule has 4 aliphatic rings. The van der Waals surface area contributed by atoms with Gasteiger partial charge in [-0.15, -0.1) is 0 Å². The predicted molar refractivity (Wildman–Crippen MR) is 485 cm³/mol. The molecule has 0 N–H and O–H groups in total. The van der Waals surface area contributed by atoms with Gasteiger partial charge in [0, 0.05) is 101 Å². The largest absolute Gasteiger partial charge is 0.311 e. The molecule has 0 spiro atoms. The maximum Gasteiger partial charge on any atom is 0.252 e. The second-order valence-corrected chi connectivity index (χ2v) is 30.1. The molecule has 23 rings (SSSR count). The van der Waals surface area contributed by atoms with Crippen molar-refractivity contribution in [1.29, 1.82) is 0 Å². The third-order valence-corrected chi connectivity index (χ3v) is 24.0. The van der Waals surface area contributed by atoms with Crippen LogP contribution in [0.5, 0.6) is 0 Å². The van der Waals surface area contributed by atoms with E-state index in [9.17, 15) is 0 Å². The Morgan fingerprint density at radius 2 is 0.421 bits per heavy atom. The summed E-state index contributed by atoms with van der Waals surface area (Å²) in [4.78, 5) is 15.4. The van der Waals surface area contributed by atoms with Crippen molar-refractivity contribution in [1.82, 2.24) is 0 Å². The van der Waals surface area contributed by atoms with Gasteiger partial charge in [0.05, 0.1) is 22.7 Å². The SMILES string of the molecule is c1ccc(-c2c3ccccc3c(N(c3ccccc3)c3cc4c5c(c3)N(c3ccccc3)c3cc6c(cc3B5c3ccccc3N4c3ccccc3)B3c4ccccc4N(c4ccccc4)c4cc(N(c5ccccc5)c5c7ccccc7c(-c7ccccc7)c7ccccc57)cc(c43)N6c3ccccc3)c3ccccc23)cc1. The van der Waals surface area contributed by atoms with Crippen LogP contribution in [0.3, 0.4) is 0 Å². The summed E-state index contributed by atoms with van der Waals surface area (Å²) in [6, 6.07) is 159. The van der Waals surface area contributed by atoms with Crippen molar-refractivity contribution in [3.8, 4) is 22.3 Å². The first-order valence-electron chi connectivity index (χ1n) is 39.5. The van der Waals surface area contributed by atoms with E-state index in [1.54, 1.807) is 0 Å². The van der Waals surface area contributed by atoms with Crippen LogP contribution in [0.1, 0.15) is 0 Å². The smallest absolute Gasteiger partial charge is 0.252 e. The van der Waals surface area contributed by atoms with Crippen molar-refractivity contribution < 1.29 is 0 Å². The molecule has 0 aromatic heterocycles. The topological polar surface area (TPSA) is 19.4 Å². The van der Waals surface area contributed by atoms with Crippen molar-refractivity contribution in [2.45, 2.75) is 0 Å². The fourth-order valence-electron chi connectivity index (χ4n) is 19.5. The van der Waals surface area contributed by atoms with Crippen LogP contribution in [-0.4, -0.2) is 13.4 Å². The quantitative estimate of drug-likeness (QED) is 0.0891. The Kier molecular flexibility index (Phi) is 15.1. The van der Waals surface area contributed by atoms with E-state index < -0.39 is 0 Å². The van der Waals surface area contributed by atoms with Crippen LogP contribution in [-0.2, 0) is 0 Å². The zero-order valence-electron chi connectivity index (χ0n) is 62.3. The first kappa shape index (κ1) is 65.1. The van der Waals surface area contributed by atoms with Gasteiger partial charge in [-0.3, -0.25) is 0 Å². The lowest BCUT2D eigenvalue weighted by Crippen LogP contribution is -2.65. The average Bonchev–Trinajstić information content (AvgIpc) is 0.679. The highest BCUT2D eigenvalue weighted by Gasteiger charge is 2.49. The molecule has 0 bridgehead atoms. The monoisotopic (exact) mass is 1450 g/mol. The average molecular weight is 1450 g/mol. The van der Waals surface area contributed by atoms with E-state index in [0.29, 0.717) is 0 Å². The molecule has 4 aliphatic heterocycles. The van der Waals surface area contributed by atoms with Gasteiger partial charge in [0.2, 0.25) is 0 Å². The molecule has 0 aliphatic carbocycles. The zero-order chi connectivity index (χ0) is 74.9. The van der Waals surface area contributed by atoms with E-state index in [-0.39, 0.29) is 13.4 Å². The van der Waals surface area contributed by atoms with E-state index >= 15 is 0 Å². The molecule has 4 heterocycles.